The minimum Gasteiger partial charge on any atom is -0.487 e. The predicted molar refractivity (Wildman–Crippen MR) is 84.1 cm³/mol. The number of rotatable bonds is 4. The van der Waals surface area contributed by atoms with Gasteiger partial charge in [0.15, 0.2) is 5.75 Å². The third-order valence-corrected chi connectivity index (χ3v) is 3.18. The fourth-order valence-electron chi connectivity index (χ4n) is 1.97. The Hall–Kier alpha value is -2.15. The zero-order chi connectivity index (χ0) is 16.1. The summed E-state index contributed by atoms with van der Waals surface area (Å²) in [6.45, 7) is 4.81. The molecule has 1 aromatic rings. The van der Waals surface area contributed by atoms with Crippen LogP contribution < -0.4 is 20.8 Å². The summed E-state index contributed by atoms with van der Waals surface area (Å²) in [7, 11) is 0. The molecule has 2 rings (SSSR count). The van der Waals surface area contributed by atoms with E-state index < -0.39 is 6.03 Å². The van der Waals surface area contributed by atoms with Crippen molar-refractivity contribution < 1.29 is 14.3 Å². The smallest absolute Gasteiger partial charge is 0.338 e. The maximum atomic E-state index is 12.0. The van der Waals surface area contributed by atoms with Gasteiger partial charge in [-0.3, -0.25) is 0 Å². The molecular weight excluding hydrogens is 308 g/mol. The highest BCUT2D eigenvalue weighted by atomic mass is 35.5. The van der Waals surface area contributed by atoms with Gasteiger partial charge in [0.2, 0.25) is 0 Å². The van der Waals surface area contributed by atoms with E-state index in [1.54, 1.807) is 18.2 Å². The Morgan fingerprint density at radius 3 is 2.91 bits per heavy atom. The molecular formula is C14H19ClN4O3. The summed E-state index contributed by atoms with van der Waals surface area (Å²) < 4.78 is 5.62. The number of hydrogen-bond donors (Lipinski definition) is 3. The van der Waals surface area contributed by atoms with Crippen molar-refractivity contribution in [1.82, 2.24) is 15.8 Å². The molecule has 1 saturated heterocycles. The van der Waals surface area contributed by atoms with Crippen LogP contribution in [0.15, 0.2) is 18.2 Å². The Kier molecular flexibility index (Phi) is 5.32. The summed E-state index contributed by atoms with van der Waals surface area (Å²) in [6.07, 6.45) is 0.682. The first kappa shape index (κ1) is 16.2. The van der Waals surface area contributed by atoms with Gasteiger partial charge in [0.25, 0.3) is 0 Å². The average molecular weight is 327 g/mol. The Bertz CT molecular complexity index is 565. The number of carbonyl (C=O) groups is 2. The molecule has 1 aliphatic rings. The number of amides is 4. The van der Waals surface area contributed by atoms with Crippen molar-refractivity contribution in [3.63, 3.8) is 0 Å². The molecule has 1 fully saturated rings. The molecule has 0 aromatic heterocycles. The lowest BCUT2D eigenvalue weighted by Crippen LogP contribution is -2.55. The van der Waals surface area contributed by atoms with Gasteiger partial charge in [0.05, 0.1) is 16.8 Å². The monoisotopic (exact) mass is 326 g/mol. The van der Waals surface area contributed by atoms with Crippen LogP contribution in [0.25, 0.3) is 0 Å². The third-order valence-electron chi connectivity index (χ3n) is 2.89. The number of halogens is 1. The molecule has 120 valence electrons. The van der Waals surface area contributed by atoms with Gasteiger partial charge in [-0.15, -0.1) is 0 Å². The molecule has 0 aliphatic carbocycles. The standard InChI is InChI=1S/C14H19ClN4O3/c1-9(2)22-12-10(15)5-3-6-11(12)17-13(20)18-19-8-4-7-16-14(19)21/h3,5-6,9H,4,7-8H2,1-2H3,(H,16,21)(H2,17,18,20). The number of para-hydroxylation sites is 1. The first-order chi connectivity index (χ1) is 10.5. The molecule has 0 spiro atoms. The number of nitrogens with zero attached hydrogens (tertiary/aromatic N) is 1. The molecule has 7 nitrogen and oxygen atoms in total. The fourth-order valence-corrected chi connectivity index (χ4v) is 2.19. The molecule has 0 atom stereocenters. The second-order valence-corrected chi connectivity index (χ2v) is 5.49. The van der Waals surface area contributed by atoms with E-state index in [1.807, 2.05) is 13.8 Å². The van der Waals surface area contributed by atoms with E-state index >= 15 is 0 Å². The number of urea groups is 2. The van der Waals surface area contributed by atoms with Crippen molar-refractivity contribution in [1.29, 1.82) is 0 Å². The van der Waals surface area contributed by atoms with Crippen LogP contribution in [0.2, 0.25) is 5.02 Å². The molecule has 3 N–H and O–H groups in total. The van der Waals surface area contributed by atoms with Crippen LogP contribution in [0, 0.1) is 0 Å². The lowest BCUT2D eigenvalue weighted by Gasteiger charge is -2.27. The summed E-state index contributed by atoms with van der Waals surface area (Å²) in [5.41, 5.74) is 2.93. The maximum absolute atomic E-state index is 12.0. The largest absolute Gasteiger partial charge is 0.487 e. The predicted octanol–water partition coefficient (Wildman–Crippen LogP) is 2.58. The summed E-state index contributed by atoms with van der Waals surface area (Å²) in [5.74, 6) is 0.400. The van der Waals surface area contributed by atoms with E-state index in [9.17, 15) is 9.59 Å². The van der Waals surface area contributed by atoms with Crippen molar-refractivity contribution in [2.45, 2.75) is 26.4 Å². The third kappa shape index (κ3) is 4.17. The molecule has 0 radical (unpaired) electrons. The Labute approximate surface area is 133 Å². The number of hydrazine groups is 1. The molecule has 1 aromatic carbocycles. The van der Waals surface area contributed by atoms with E-state index in [0.717, 1.165) is 6.42 Å². The number of hydrogen-bond acceptors (Lipinski definition) is 3. The highest BCUT2D eigenvalue weighted by molar-refractivity contribution is 6.32. The zero-order valence-corrected chi connectivity index (χ0v) is 13.2. The lowest BCUT2D eigenvalue weighted by molar-refractivity contribution is 0.160. The number of nitrogens with one attached hydrogen (secondary N) is 3. The van der Waals surface area contributed by atoms with Gasteiger partial charge in [-0.2, -0.15) is 0 Å². The van der Waals surface area contributed by atoms with Crippen molar-refractivity contribution in [3.8, 4) is 5.75 Å². The first-order valence-corrected chi connectivity index (χ1v) is 7.43. The molecule has 0 saturated carbocycles. The van der Waals surface area contributed by atoms with Crippen LogP contribution in [0.1, 0.15) is 20.3 Å². The second kappa shape index (κ2) is 7.22. The van der Waals surface area contributed by atoms with E-state index in [4.69, 9.17) is 16.3 Å². The number of carbonyl (C=O) groups excluding carboxylic acids is 2. The van der Waals surface area contributed by atoms with Crippen LogP contribution in [0.3, 0.4) is 0 Å². The minimum atomic E-state index is -0.534. The summed E-state index contributed by atoms with van der Waals surface area (Å²) >= 11 is 6.10. The molecule has 4 amide bonds. The maximum Gasteiger partial charge on any atom is 0.338 e. The van der Waals surface area contributed by atoms with Crippen molar-refractivity contribution in [3.05, 3.63) is 23.2 Å². The first-order valence-electron chi connectivity index (χ1n) is 7.05. The average Bonchev–Trinajstić information content (AvgIpc) is 2.45. The van der Waals surface area contributed by atoms with Gasteiger partial charge in [-0.1, -0.05) is 17.7 Å². The quantitative estimate of drug-likeness (QED) is 0.795. The van der Waals surface area contributed by atoms with Gasteiger partial charge >= 0.3 is 12.1 Å². The lowest BCUT2D eigenvalue weighted by atomic mass is 10.3. The van der Waals surface area contributed by atoms with E-state index in [0.29, 0.717) is 29.5 Å². The molecule has 22 heavy (non-hydrogen) atoms. The van der Waals surface area contributed by atoms with Gasteiger partial charge in [0, 0.05) is 13.1 Å². The van der Waals surface area contributed by atoms with Gasteiger partial charge in [0.1, 0.15) is 0 Å². The van der Waals surface area contributed by atoms with Crippen molar-refractivity contribution in [2.24, 2.45) is 0 Å². The number of anilines is 1. The number of benzene rings is 1. The normalized spacial score (nSPS) is 14.5. The van der Waals surface area contributed by atoms with Crippen LogP contribution in [-0.2, 0) is 0 Å². The summed E-state index contributed by atoms with van der Waals surface area (Å²) in [5, 5.41) is 6.92. The molecule has 0 unspecified atom stereocenters. The van der Waals surface area contributed by atoms with Crippen LogP contribution in [0.4, 0.5) is 15.3 Å². The summed E-state index contributed by atoms with van der Waals surface area (Å²) in [4.78, 5) is 23.6. The zero-order valence-electron chi connectivity index (χ0n) is 12.5. The molecule has 1 heterocycles. The van der Waals surface area contributed by atoms with E-state index in [2.05, 4.69) is 16.1 Å². The van der Waals surface area contributed by atoms with Crippen LogP contribution in [0.5, 0.6) is 5.75 Å². The van der Waals surface area contributed by atoms with Crippen LogP contribution in [-0.4, -0.2) is 36.3 Å². The number of ether oxygens (including phenoxy) is 1. The SMILES string of the molecule is CC(C)Oc1c(Cl)cccc1NC(=O)NN1CCCNC1=O. The topological polar surface area (TPSA) is 82.7 Å². The van der Waals surface area contributed by atoms with E-state index in [-0.39, 0.29) is 12.1 Å². The summed E-state index contributed by atoms with van der Waals surface area (Å²) in [6, 6.07) is 4.21. The molecule has 0 bridgehead atoms. The van der Waals surface area contributed by atoms with Crippen molar-refractivity contribution >= 4 is 29.4 Å². The van der Waals surface area contributed by atoms with Gasteiger partial charge < -0.3 is 15.4 Å². The fraction of sp³-hybridized carbons (Fsp3) is 0.429. The molecule has 1 aliphatic heterocycles. The minimum absolute atomic E-state index is 0.0867. The Morgan fingerprint density at radius 1 is 1.45 bits per heavy atom. The Morgan fingerprint density at radius 2 is 2.23 bits per heavy atom. The van der Waals surface area contributed by atoms with E-state index in [1.165, 1.54) is 5.01 Å². The van der Waals surface area contributed by atoms with Crippen molar-refractivity contribution in [2.75, 3.05) is 18.4 Å². The second-order valence-electron chi connectivity index (χ2n) is 5.09. The van der Waals surface area contributed by atoms with Gasteiger partial charge in [-0.25, -0.2) is 20.0 Å². The highest BCUT2D eigenvalue weighted by Crippen LogP contribution is 2.33. The Balaban J connectivity index is 2.05. The van der Waals surface area contributed by atoms with Crippen LogP contribution >= 0.6 is 11.6 Å². The highest BCUT2D eigenvalue weighted by Gasteiger charge is 2.20. The molecule has 8 heteroatoms. The van der Waals surface area contributed by atoms with Gasteiger partial charge in [-0.05, 0) is 32.4 Å².